The van der Waals surface area contributed by atoms with Crippen molar-refractivity contribution in [1.82, 2.24) is 34.4 Å². The van der Waals surface area contributed by atoms with Crippen LogP contribution in [0.25, 0.3) is 17.1 Å². The van der Waals surface area contributed by atoms with E-state index in [4.69, 9.17) is 9.47 Å². The number of piperidine rings is 1. The van der Waals surface area contributed by atoms with Crippen molar-refractivity contribution in [3.05, 3.63) is 82.8 Å². The van der Waals surface area contributed by atoms with Gasteiger partial charge in [0.15, 0.2) is 17.7 Å². The van der Waals surface area contributed by atoms with Crippen molar-refractivity contribution >= 4 is 6.09 Å². The van der Waals surface area contributed by atoms with Gasteiger partial charge in [-0.2, -0.15) is 10.2 Å². The molecule has 1 aromatic carbocycles. The molecule has 0 N–H and O–H groups in total. The van der Waals surface area contributed by atoms with E-state index in [-0.39, 0.29) is 17.9 Å². The van der Waals surface area contributed by atoms with Gasteiger partial charge >= 0.3 is 6.09 Å². The van der Waals surface area contributed by atoms with Crippen LogP contribution in [0.1, 0.15) is 51.3 Å². The fourth-order valence-electron chi connectivity index (χ4n) is 4.71. The number of carbonyl (C=O) groups is 1. The Kier molecular flexibility index (Phi) is 8.06. The Balaban J connectivity index is 1.26. The average molecular weight is 576 g/mol. The summed E-state index contributed by atoms with van der Waals surface area (Å²) in [6, 6.07) is 9.11. The Morgan fingerprint density at radius 1 is 1.14 bits per heavy atom. The summed E-state index contributed by atoms with van der Waals surface area (Å²) in [5, 5.41) is 8.75. The van der Waals surface area contributed by atoms with Gasteiger partial charge in [-0.15, -0.1) is 0 Å². The minimum atomic E-state index is -1.38. The van der Waals surface area contributed by atoms with Crippen LogP contribution < -0.4 is 10.2 Å². The van der Waals surface area contributed by atoms with Crippen LogP contribution in [-0.4, -0.2) is 71.5 Å². The molecule has 0 radical (unpaired) electrons. The topological polar surface area (TPSA) is 117 Å². The zero-order valence-corrected chi connectivity index (χ0v) is 24.3. The van der Waals surface area contributed by atoms with E-state index in [2.05, 4.69) is 20.2 Å². The molecule has 1 saturated heterocycles. The van der Waals surface area contributed by atoms with Gasteiger partial charge in [0.05, 0.1) is 31.3 Å². The number of hydrogen-bond acceptors (Lipinski definition) is 8. The zero-order valence-electron chi connectivity index (χ0n) is 24.3. The molecule has 0 saturated carbocycles. The van der Waals surface area contributed by atoms with Crippen LogP contribution in [0.2, 0.25) is 0 Å². The molecule has 3 aromatic heterocycles. The lowest BCUT2D eigenvalue weighted by atomic mass is 9.95. The summed E-state index contributed by atoms with van der Waals surface area (Å²) in [5.41, 5.74) is 1.98. The fourth-order valence-corrected chi connectivity index (χ4v) is 4.71. The lowest BCUT2D eigenvalue weighted by Crippen LogP contribution is -2.50. The number of alkyl halides is 1. The number of aryl methyl sites for hydroxylation is 1. The first-order valence-corrected chi connectivity index (χ1v) is 13.8. The molecule has 11 nitrogen and oxygen atoms in total. The SMILES string of the molecule is CC(c1cccc(-c2ncc(O[C@@H]3CCN(C(=O)OC(C)(C)C)C[C@H]3F)cn2)c1)c1nn(-c2cnn(C)c2)ccc1=O. The molecule has 0 spiro atoms. The van der Waals surface area contributed by atoms with E-state index < -0.39 is 24.0 Å². The normalized spacial score (nSPS) is 18.0. The van der Waals surface area contributed by atoms with Crippen molar-refractivity contribution in [3.8, 4) is 22.8 Å². The molecule has 1 fully saturated rings. The van der Waals surface area contributed by atoms with Gasteiger partial charge in [0.1, 0.15) is 23.1 Å². The molecule has 12 heteroatoms. The van der Waals surface area contributed by atoms with Crippen LogP contribution in [0.15, 0.2) is 66.1 Å². The van der Waals surface area contributed by atoms with Crippen molar-refractivity contribution in [2.75, 3.05) is 13.1 Å². The van der Waals surface area contributed by atoms with Gasteiger partial charge in [-0.1, -0.05) is 25.1 Å². The van der Waals surface area contributed by atoms with E-state index in [1.165, 1.54) is 23.4 Å². The number of carbonyl (C=O) groups excluding carboxylic acids is 1. The Labute approximate surface area is 242 Å². The molecule has 220 valence electrons. The van der Waals surface area contributed by atoms with Crippen LogP contribution in [-0.2, 0) is 11.8 Å². The van der Waals surface area contributed by atoms with E-state index in [0.717, 1.165) is 16.8 Å². The highest BCUT2D eigenvalue weighted by Gasteiger charge is 2.35. The predicted octanol–water partition coefficient (Wildman–Crippen LogP) is 4.30. The van der Waals surface area contributed by atoms with Crippen LogP contribution in [0.3, 0.4) is 0 Å². The molecular weight excluding hydrogens is 541 g/mol. The van der Waals surface area contributed by atoms with Gasteiger partial charge in [-0.3, -0.25) is 9.48 Å². The van der Waals surface area contributed by atoms with Gasteiger partial charge in [-0.05, 0) is 32.4 Å². The minimum absolute atomic E-state index is 0.104. The van der Waals surface area contributed by atoms with E-state index >= 15 is 0 Å². The quantitative estimate of drug-likeness (QED) is 0.334. The van der Waals surface area contributed by atoms with Crippen molar-refractivity contribution in [1.29, 1.82) is 0 Å². The van der Waals surface area contributed by atoms with Gasteiger partial charge in [0.25, 0.3) is 0 Å². The van der Waals surface area contributed by atoms with Gasteiger partial charge in [0, 0.05) is 43.8 Å². The van der Waals surface area contributed by atoms with E-state index in [1.807, 2.05) is 44.4 Å². The van der Waals surface area contributed by atoms with Crippen molar-refractivity contribution < 1.29 is 18.7 Å². The predicted molar refractivity (Wildman–Crippen MR) is 153 cm³/mol. The summed E-state index contributed by atoms with van der Waals surface area (Å²) >= 11 is 0. The Bertz CT molecular complexity index is 1610. The van der Waals surface area contributed by atoms with Gasteiger partial charge < -0.3 is 14.4 Å². The Morgan fingerprint density at radius 2 is 1.90 bits per heavy atom. The number of aromatic nitrogens is 6. The molecule has 1 aliphatic heterocycles. The summed E-state index contributed by atoms with van der Waals surface area (Å²) in [5.74, 6) is 0.505. The number of hydrogen-bond donors (Lipinski definition) is 0. The smallest absolute Gasteiger partial charge is 0.410 e. The van der Waals surface area contributed by atoms with Crippen LogP contribution in [0.4, 0.5) is 9.18 Å². The number of ether oxygens (including phenoxy) is 2. The molecule has 5 rings (SSSR count). The highest BCUT2D eigenvalue weighted by Crippen LogP contribution is 2.27. The van der Waals surface area contributed by atoms with E-state index in [1.54, 1.807) is 42.5 Å². The van der Waals surface area contributed by atoms with Gasteiger partial charge in [-0.25, -0.2) is 23.8 Å². The van der Waals surface area contributed by atoms with E-state index in [0.29, 0.717) is 30.2 Å². The molecule has 0 aliphatic carbocycles. The number of rotatable bonds is 6. The van der Waals surface area contributed by atoms with Crippen LogP contribution in [0, 0.1) is 0 Å². The standard InChI is InChI=1S/C30H34FN7O4/c1-19(27-25(39)9-12-38(35-27)22-14-34-36(5)17-22)20-7-6-8-21(13-20)28-32-15-23(16-33-28)41-26-10-11-37(18-24(26)31)29(40)42-30(2,3)4/h6-9,12-17,19,24,26H,10-11,18H2,1-5H3/t19?,24-,26-/m1/s1. The van der Waals surface area contributed by atoms with Crippen molar-refractivity contribution in [2.45, 2.75) is 57.9 Å². The third-order valence-electron chi connectivity index (χ3n) is 6.89. The summed E-state index contributed by atoms with van der Waals surface area (Å²) in [7, 11) is 1.82. The molecule has 42 heavy (non-hydrogen) atoms. The maximum absolute atomic E-state index is 14.9. The van der Waals surface area contributed by atoms with Crippen molar-refractivity contribution in [2.24, 2.45) is 7.05 Å². The lowest BCUT2D eigenvalue weighted by Gasteiger charge is -2.35. The number of likely N-dealkylation sites (tertiary alicyclic amines) is 1. The average Bonchev–Trinajstić information content (AvgIpc) is 3.39. The maximum atomic E-state index is 14.9. The number of halogens is 1. The second-order valence-corrected chi connectivity index (χ2v) is 11.4. The maximum Gasteiger partial charge on any atom is 0.410 e. The molecule has 1 amide bonds. The summed E-state index contributed by atoms with van der Waals surface area (Å²) in [6.07, 6.45) is 5.82. The second kappa shape index (κ2) is 11.7. The molecule has 1 aliphatic rings. The Hall–Kier alpha value is -4.61. The largest absolute Gasteiger partial charge is 0.484 e. The van der Waals surface area contributed by atoms with Gasteiger partial charge in [0.2, 0.25) is 5.43 Å². The third-order valence-corrected chi connectivity index (χ3v) is 6.89. The number of benzene rings is 1. The highest BCUT2D eigenvalue weighted by atomic mass is 19.1. The summed E-state index contributed by atoms with van der Waals surface area (Å²) in [6.45, 7) is 7.47. The lowest BCUT2D eigenvalue weighted by molar-refractivity contribution is -0.0106. The Morgan fingerprint density at radius 3 is 2.57 bits per heavy atom. The first kappa shape index (κ1) is 28.9. The zero-order chi connectivity index (χ0) is 30.0. The summed E-state index contributed by atoms with van der Waals surface area (Å²) in [4.78, 5) is 35.2. The first-order valence-electron chi connectivity index (χ1n) is 13.8. The molecule has 1 unspecified atom stereocenters. The fraction of sp³-hybridized carbons (Fsp3) is 0.400. The van der Waals surface area contributed by atoms with E-state index in [9.17, 15) is 14.0 Å². The van der Waals surface area contributed by atoms with Crippen LogP contribution >= 0.6 is 0 Å². The molecular formula is C30H34FN7O4. The molecule has 4 heterocycles. The highest BCUT2D eigenvalue weighted by molar-refractivity contribution is 5.68. The monoisotopic (exact) mass is 575 g/mol. The van der Waals surface area contributed by atoms with Crippen molar-refractivity contribution in [3.63, 3.8) is 0 Å². The first-order chi connectivity index (χ1) is 20.0. The molecule has 0 bridgehead atoms. The summed E-state index contributed by atoms with van der Waals surface area (Å²) < 4.78 is 29.4. The minimum Gasteiger partial charge on any atom is -0.484 e. The van der Waals surface area contributed by atoms with Crippen LogP contribution in [0.5, 0.6) is 5.75 Å². The number of nitrogens with zero attached hydrogens (tertiary/aromatic N) is 7. The third kappa shape index (κ3) is 6.64. The molecule has 3 atom stereocenters. The second-order valence-electron chi connectivity index (χ2n) is 11.4. The number of amides is 1. The molecule has 4 aromatic rings.